The SMILES string of the molecule is CC(C)NCc1ccc(Oc2ccccc2Cl)c(Br)c1. The lowest BCUT2D eigenvalue weighted by molar-refractivity contribution is 0.479. The monoisotopic (exact) mass is 353 g/mol. The molecule has 2 aromatic carbocycles. The lowest BCUT2D eigenvalue weighted by Gasteiger charge is -2.12. The van der Waals surface area contributed by atoms with Crippen molar-refractivity contribution < 1.29 is 4.74 Å². The summed E-state index contributed by atoms with van der Waals surface area (Å²) in [5.74, 6) is 1.41. The van der Waals surface area contributed by atoms with Crippen molar-refractivity contribution in [3.63, 3.8) is 0 Å². The van der Waals surface area contributed by atoms with Crippen molar-refractivity contribution in [2.45, 2.75) is 26.4 Å². The highest BCUT2D eigenvalue weighted by molar-refractivity contribution is 9.10. The third-order valence-electron chi connectivity index (χ3n) is 2.77. The Kier molecular flexibility index (Phi) is 5.46. The standard InChI is InChI=1S/C16H17BrClNO/c1-11(2)19-10-12-7-8-15(13(17)9-12)20-16-6-4-3-5-14(16)18/h3-9,11,19H,10H2,1-2H3. The summed E-state index contributed by atoms with van der Waals surface area (Å²) in [7, 11) is 0. The van der Waals surface area contributed by atoms with E-state index in [1.54, 1.807) is 0 Å². The average molecular weight is 355 g/mol. The molecule has 0 fully saturated rings. The van der Waals surface area contributed by atoms with Crippen LogP contribution >= 0.6 is 27.5 Å². The van der Waals surface area contributed by atoms with Gasteiger partial charge in [-0.1, -0.05) is 43.6 Å². The average Bonchev–Trinajstić information content (AvgIpc) is 2.41. The maximum absolute atomic E-state index is 6.09. The van der Waals surface area contributed by atoms with Gasteiger partial charge in [-0.15, -0.1) is 0 Å². The fourth-order valence-electron chi connectivity index (χ4n) is 1.71. The van der Waals surface area contributed by atoms with Crippen LogP contribution in [0.1, 0.15) is 19.4 Å². The molecule has 0 radical (unpaired) electrons. The zero-order valence-corrected chi connectivity index (χ0v) is 13.8. The van der Waals surface area contributed by atoms with Crippen molar-refractivity contribution in [1.82, 2.24) is 5.32 Å². The number of hydrogen-bond donors (Lipinski definition) is 1. The van der Waals surface area contributed by atoms with E-state index < -0.39 is 0 Å². The van der Waals surface area contributed by atoms with Gasteiger partial charge in [-0.3, -0.25) is 0 Å². The number of benzene rings is 2. The second-order valence-corrected chi connectivity index (χ2v) is 6.09. The van der Waals surface area contributed by atoms with Gasteiger partial charge in [0.05, 0.1) is 9.50 Å². The maximum Gasteiger partial charge on any atom is 0.146 e. The summed E-state index contributed by atoms with van der Waals surface area (Å²) in [6.07, 6.45) is 0. The summed E-state index contributed by atoms with van der Waals surface area (Å²) in [6.45, 7) is 5.09. The highest BCUT2D eigenvalue weighted by Crippen LogP contribution is 2.33. The zero-order chi connectivity index (χ0) is 14.5. The van der Waals surface area contributed by atoms with Gasteiger partial charge in [-0.2, -0.15) is 0 Å². The smallest absolute Gasteiger partial charge is 0.146 e. The predicted octanol–water partition coefficient (Wildman–Crippen LogP) is 5.39. The molecule has 4 heteroatoms. The van der Waals surface area contributed by atoms with Gasteiger partial charge in [-0.05, 0) is 45.8 Å². The van der Waals surface area contributed by atoms with Crippen LogP contribution in [0.25, 0.3) is 0 Å². The van der Waals surface area contributed by atoms with Crippen molar-refractivity contribution in [2.24, 2.45) is 0 Å². The van der Waals surface area contributed by atoms with Crippen LogP contribution in [0, 0.1) is 0 Å². The molecule has 0 bridgehead atoms. The van der Waals surface area contributed by atoms with Gasteiger partial charge in [0.15, 0.2) is 0 Å². The Morgan fingerprint density at radius 1 is 1.15 bits per heavy atom. The summed E-state index contributed by atoms with van der Waals surface area (Å²) in [6, 6.07) is 14.0. The molecular formula is C16H17BrClNO. The molecule has 0 aliphatic carbocycles. The number of ether oxygens (including phenoxy) is 1. The molecule has 2 aromatic rings. The third-order valence-corrected chi connectivity index (χ3v) is 3.70. The fourth-order valence-corrected chi connectivity index (χ4v) is 2.39. The molecule has 0 spiro atoms. The lowest BCUT2D eigenvalue weighted by atomic mass is 10.2. The molecule has 0 aliphatic rings. The van der Waals surface area contributed by atoms with Gasteiger partial charge in [0, 0.05) is 12.6 Å². The Hall–Kier alpha value is -1.03. The minimum atomic E-state index is 0.466. The molecule has 0 aliphatic heterocycles. The highest BCUT2D eigenvalue weighted by atomic mass is 79.9. The fraction of sp³-hybridized carbons (Fsp3) is 0.250. The van der Waals surface area contributed by atoms with E-state index in [1.165, 1.54) is 5.56 Å². The van der Waals surface area contributed by atoms with Gasteiger partial charge in [-0.25, -0.2) is 0 Å². The first kappa shape index (κ1) is 15.4. The van der Waals surface area contributed by atoms with E-state index in [-0.39, 0.29) is 0 Å². The van der Waals surface area contributed by atoms with Crippen molar-refractivity contribution in [1.29, 1.82) is 0 Å². The molecule has 0 unspecified atom stereocenters. The van der Waals surface area contributed by atoms with Crippen molar-refractivity contribution in [3.8, 4) is 11.5 Å². The molecule has 0 saturated carbocycles. The van der Waals surface area contributed by atoms with E-state index in [0.29, 0.717) is 16.8 Å². The molecule has 0 atom stereocenters. The second kappa shape index (κ2) is 7.11. The van der Waals surface area contributed by atoms with Crippen LogP contribution in [0.15, 0.2) is 46.9 Å². The summed E-state index contributed by atoms with van der Waals surface area (Å²) < 4.78 is 6.74. The first-order chi connectivity index (χ1) is 9.56. The van der Waals surface area contributed by atoms with Crippen LogP contribution in [-0.4, -0.2) is 6.04 Å². The van der Waals surface area contributed by atoms with Crippen LogP contribution in [-0.2, 0) is 6.54 Å². The number of halogens is 2. The van der Waals surface area contributed by atoms with E-state index in [0.717, 1.165) is 16.8 Å². The molecule has 0 saturated heterocycles. The molecule has 0 heterocycles. The lowest BCUT2D eigenvalue weighted by Crippen LogP contribution is -2.21. The Morgan fingerprint density at radius 2 is 1.90 bits per heavy atom. The highest BCUT2D eigenvalue weighted by Gasteiger charge is 2.07. The Morgan fingerprint density at radius 3 is 2.55 bits per heavy atom. The van der Waals surface area contributed by atoms with Gasteiger partial charge in [0.2, 0.25) is 0 Å². The van der Waals surface area contributed by atoms with Crippen LogP contribution in [0.5, 0.6) is 11.5 Å². The van der Waals surface area contributed by atoms with Crippen molar-refractivity contribution in [3.05, 3.63) is 57.5 Å². The Balaban J connectivity index is 2.12. The van der Waals surface area contributed by atoms with Gasteiger partial charge in [0.25, 0.3) is 0 Å². The molecule has 2 rings (SSSR count). The predicted molar refractivity (Wildman–Crippen MR) is 87.6 cm³/mol. The molecule has 0 aromatic heterocycles. The van der Waals surface area contributed by atoms with E-state index in [2.05, 4.69) is 41.2 Å². The topological polar surface area (TPSA) is 21.3 Å². The normalized spacial score (nSPS) is 10.8. The van der Waals surface area contributed by atoms with E-state index in [4.69, 9.17) is 16.3 Å². The minimum Gasteiger partial charge on any atom is -0.455 e. The largest absolute Gasteiger partial charge is 0.455 e. The van der Waals surface area contributed by atoms with E-state index >= 15 is 0 Å². The van der Waals surface area contributed by atoms with Crippen LogP contribution < -0.4 is 10.1 Å². The Labute approximate surface area is 133 Å². The quantitative estimate of drug-likeness (QED) is 0.777. The molecule has 0 amide bonds. The van der Waals surface area contributed by atoms with Gasteiger partial charge >= 0.3 is 0 Å². The summed E-state index contributed by atoms with van der Waals surface area (Å²) in [5.41, 5.74) is 1.21. The van der Waals surface area contributed by atoms with Crippen LogP contribution in [0.3, 0.4) is 0 Å². The third kappa shape index (κ3) is 4.23. The van der Waals surface area contributed by atoms with E-state index in [1.807, 2.05) is 36.4 Å². The maximum atomic E-state index is 6.09. The minimum absolute atomic E-state index is 0.466. The number of rotatable bonds is 5. The summed E-state index contributed by atoms with van der Waals surface area (Å²) in [5, 5.41) is 3.99. The molecular weight excluding hydrogens is 338 g/mol. The summed E-state index contributed by atoms with van der Waals surface area (Å²) >= 11 is 9.63. The molecule has 2 nitrogen and oxygen atoms in total. The van der Waals surface area contributed by atoms with Crippen LogP contribution in [0.4, 0.5) is 0 Å². The van der Waals surface area contributed by atoms with Crippen LogP contribution in [0.2, 0.25) is 5.02 Å². The number of nitrogens with one attached hydrogen (secondary N) is 1. The molecule has 1 N–H and O–H groups in total. The molecule has 106 valence electrons. The summed E-state index contributed by atoms with van der Waals surface area (Å²) in [4.78, 5) is 0. The first-order valence-corrected chi connectivity index (χ1v) is 7.67. The van der Waals surface area contributed by atoms with Gasteiger partial charge in [0.1, 0.15) is 11.5 Å². The molecule has 20 heavy (non-hydrogen) atoms. The number of hydrogen-bond acceptors (Lipinski definition) is 2. The van der Waals surface area contributed by atoms with E-state index in [9.17, 15) is 0 Å². The van der Waals surface area contributed by atoms with Crippen molar-refractivity contribution in [2.75, 3.05) is 0 Å². The second-order valence-electron chi connectivity index (χ2n) is 4.83. The first-order valence-electron chi connectivity index (χ1n) is 6.50. The Bertz CT molecular complexity index is 586. The zero-order valence-electron chi connectivity index (χ0n) is 11.5. The number of para-hydroxylation sites is 1. The van der Waals surface area contributed by atoms with Gasteiger partial charge < -0.3 is 10.1 Å². The van der Waals surface area contributed by atoms with Crippen molar-refractivity contribution >= 4 is 27.5 Å².